The minimum atomic E-state index is 0.606. The van der Waals surface area contributed by atoms with Crippen molar-refractivity contribution in [1.82, 2.24) is 10.3 Å². The first-order chi connectivity index (χ1) is 8.79. The van der Waals surface area contributed by atoms with Crippen molar-refractivity contribution >= 4 is 5.57 Å². The van der Waals surface area contributed by atoms with E-state index < -0.39 is 0 Å². The number of nitrogens with one attached hydrogen (secondary N) is 1. The van der Waals surface area contributed by atoms with E-state index in [0.29, 0.717) is 11.5 Å². The number of allylic oxidation sites excluding steroid dienone is 1. The zero-order valence-corrected chi connectivity index (χ0v) is 10.6. The van der Waals surface area contributed by atoms with Gasteiger partial charge in [0.1, 0.15) is 6.07 Å². The highest BCUT2D eigenvalue weighted by Crippen LogP contribution is 2.40. The second kappa shape index (κ2) is 4.55. The monoisotopic (exact) mass is 239 g/mol. The van der Waals surface area contributed by atoms with E-state index in [2.05, 4.69) is 22.4 Å². The van der Waals surface area contributed by atoms with Gasteiger partial charge in [-0.05, 0) is 55.3 Å². The summed E-state index contributed by atoms with van der Waals surface area (Å²) in [5.74, 6) is 1.39. The molecule has 0 spiro atoms. The number of pyridine rings is 1. The molecule has 1 N–H and O–H groups in total. The van der Waals surface area contributed by atoms with Gasteiger partial charge in [0.05, 0.1) is 11.3 Å². The van der Waals surface area contributed by atoms with Crippen molar-refractivity contribution in [2.75, 3.05) is 13.1 Å². The van der Waals surface area contributed by atoms with Crippen LogP contribution in [-0.2, 0) is 0 Å². The Kier molecular flexibility index (Phi) is 2.89. The Balaban J connectivity index is 1.94. The van der Waals surface area contributed by atoms with Crippen molar-refractivity contribution in [2.45, 2.75) is 19.8 Å². The minimum Gasteiger partial charge on any atom is -0.316 e. The second-order valence-electron chi connectivity index (χ2n) is 5.22. The molecule has 2 atom stereocenters. The van der Waals surface area contributed by atoms with E-state index in [1.54, 1.807) is 0 Å². The van der Waals surface area contributed by atoms with Crippen LogP contribution in [0.4, 0.5) is 0 Å². The molecule has 0 aromatic carbocycles. The van der Waals surface area contributed by atoms with Crippen molar-refractivity contribution < 1.29 is 0 Å². The van der Waals surface area contributed by atoms with Crippen LogP contribution in [0.3, 0.4) is 0 Å². The molecular weight excluding hydrogens is 222 g/mol. The molecule has 0 amide bonds. The van der Waals surface area contributed by atoms with Crippen LogP contribution in [-0.4, -0.2) is 18.1 Å². The van der Waals surface area contributed by atoms with Crippen LogP contribution < -0.4 is 5.32 Å². The summed E-state index contributed by atoms with van der Waals surface area (Å²) in [6.07, 6.45) is 6.70. The van der Waals surface area contributed by atoms with E-state index in [1.165, 1.54) is 18.4 Å². The number of hydrogen-bond acceptors (Lipinski definition) is 3. The highest BCUT2D eigenvalue weighted by molar-refractivity contribution is 5.70. The van der Waals surface area contributed by atoms with Gasteiger partial charge in [-0.25, -0.2) is 0 Å². The van der Waals surface area contributed by atoms with Crippen LogP contribution in [0.1, 0.15) is 29.7 Å². The number of aromatic nitrogens is 1. The summed E-state index contributed by atoms with van der Waals surface area (Å²) in [4.78, 5) is 4.35. The third-order valence-corrected chi connectivity index (χ3v) is 4.21. The molecule has 1 saturated heterocycles. The third-order valence-electron chi connectivity index (χ3n) is 4.21. The van der Waals surface area contributed by atoms with Crippen LogP contribution in [0.5, 0.6) is 0 Å². The van der Waals surface area contributed by atoms with E-state index in [0.717, 1.165) is 30.3 Å². The number of fused-ring (bicyclic) bond motifs is 1. The van der Waals surface area contributed by atoms with Crippen LogP contribution >= 0.6 is 0 Å². The van der Waals surface area contributed by atoms with E-state index in [1.807, 2.05) is 19.2 Å². The summed E-state index contributed by atoms with van der Waals surface area (Å²) in [6.45, 7) is 4.08. The summed E-state index contributed by atoms with van der Waals surface area (Å²) in [7, 11) is 0. The number of nitriles is 1. The summed E-state index contributed by atoms with van der Waals surface area (Å²) >= 11 is 0. The van der Waals surface area contributed by atoms with Gasteiger partial charge in [0.2, 0.25) is 0 Å². The molecule has 3 nitrogen and oxygen atoms in total. The van der Waals surface area contributed by atoms with Gasteiger partial charge in [-0.15, -0.1) is 0 Å². The molecule has 92 valence electrons. The molecule has 1 aromatic rings. The molecule has 1 aliphatic heterocycles. The maximum absolute atomic E-state index is 9.10. The van der Waals surface area contributed by atoms with Crippen LogP contribution in [0.2, 0.25) is 0 Å². The third kappa shape index (κ3) is 1.83. The summed E-state index contributed by atoms with van der Waals surface area (Å²) < 4.78 is 0. The van der Waals surface area contributed by atoms with Gasteiger partial charge in [0.25, 0.3) is 0 Å². The number of hydrogen-bond donors (Lipinski definition) is 1. The lowest BCUT2D eigenvalue weighted by atomic mass is 9.83. The Bertz CT molecular complexity index is 539. The molecule has 0 saturated carbocycles. The van der Waals surface area contributed by atoms with E-state index >= 15 is 0 Å². The summed E-state index contributed by atoms with van der Waals surface area (Å²) in [5.41, 5.74) is 4.03. The van der Waals surface area contributed by atoms with Gasteiger partial charge in [-0.2, -0.15) is 5.26 Å². The van der Waals surface area contributed by atoms with Gasteiger partial charge in [0.15, 0.2) is 0 Å². The summed E-state index contributed by atoms with van der Waals surface area (Å²) in [6, 6.07) is 4.22. The summed E-state index contributed by atoms with van der Waals surface area (Å²) in [5, 5.41) is 12.6. The first kappa shape index (κ1) is 11.4. The zero-order chi connectivity index (χ0) is 12.5. The minimum absolute atomic E-state index is 0.606. The zero-order valence-electron chi connectivity index (χ0n) is 10.6. The SMILES string of the molecule is Cc1ncc(C2=CCC3CCNCC23)cc1C#N. The first-order valence-electron chi connectivity index (χ1n) is 6.57. The molecule has 2 unspecified atom stereocenters. The smallest absolute Gasteiger partial charge is 0.101 e. The molecule has 1 aromatic heterocycles. The predicted molar refractivity (Wildman–Crippen MR) is 70.7 cm³/mol. The maximum atomic E-state index is 9.10. The van der Waals surface area contributed by atoms with Crippen LogP contribution in [0.15, 0.2) is 18.3 Å². The van der Waals surface area contributed by atoms with Crippen LogP contribution in [0.25, 0.3) is 5.57 Å². The Morgan fingerprint density at radius 2 is 2.39 bits per heavy atom. The lowest BCUT2D eigenvalue weighted by molar-refractivity contribution is 0.328. The number of piperidine rings is 1. The van der Waals surface area contributed by atoms with E-state index in [9.17, 15) is 0 Å². The second-order valence-corrected chi connectivity index (χ2v) is 5.22. The van der Waals surface area contributed by atoms with Crippen molar-refractivity contribution in [3.05, 3.63) is 35.2 Å². The molecule has 2 heterocycles. The lowest BCUT2D eigenvalue weighted by Crippen LogP contribution is -2.34. The van der Waals surface area contributed by atoms with Gasteiger partial charge in [-0.3, -0.25) is 4.98 Å². The fraction of sp³-hybridized carbons (Fsp3) is 0.467. The fourth-order valence-electron chi connectivity index (χ4n) is 3.12. The first-order valence-corrected chi connectivity index (χ1v) is 6.57. The Morgan fingerprint density at radius 3 is 3.22 bits per heavy atom. The predicted octanol–water partition coefficient (Wildman–Crippen LogP) is 2.27. The molecule has 1 fully saturated rings. The quantitative estimate of drug-likeness (QED) is 0.818. The number of nitrogens with zero attached hydrogens (tertiary/aromatic N) is 2. The maximum Gasteiger partial charge on any atom is 0.101 e. The number of aryl methyl sites for hydroxylation is 1. The highest BCUT2D eigenvalue weighted by Gasteiger charge is 2.32. The molecule has 2 aliphatic rings. The van der Waals surface area contributed by atoms with E-state index in [-0.39, 0.29) is 0 Å². The Morgan fingerprint density at radius 1 is 1.50 bits per heavy atom. The van der Waals surface area contributed by atoms with Gasteiger partial charge in [0, 0.05) is 12.7 Å². The van der Waals surface area contributed by atoms with Gasteiger partial charge < -0.3 is 5.32 Å². The van der Waals surface area contributed by atoms with E-state index in [4.69, 9.17) is 5.26 Å². The van der Waals surface area contributed by atoms with Crippen molar-refractivity contribution in [2.24, 2.45) is 11.8 Å². The standard InChI is InChI=1S/C15H17N3/c1-10-12(7-16)6-13(8-18-10)14-3-2-11-4-5-17-9-15(11)14/h3,6,8,11,15,17H,2,4-5,9H2,1H3. The largest absolute Gasteiger partial charge is 0.316 e. The van der Waals surface area contributed by atoms with Gasteiger partial charge in [-0.1, -0.05) is 6.08 Å². The average Bonchev–Trinajstić information content (AvgIpc) is 2.83. The van der Waals surface area contributed by atoms with Crippen molar-refractivity contribution in [3.63, 3.8) is 0 Å². The Labute approximate surface area is 108 Å². The lowest BCUT2D eigenvalue weighted by Gasteiger charge is -2.28. The molecule has 3 rings (SSSR count). The van der Waals surface area contributed by atoms with Crippen molar-refractivity contribution in [3.8, 4) is 6.07 Å². The molecular formula is C15H17N3. The molecule has 3 heteroatoms. The topological polar surface area (TPSA) is 48.7 Å². The average molecular weight is 239 g/mol. The Hall–Kier alpha value is -1.66. The molecule has 1 aliphatic carbocycles. The highest BCUT2D eigenvalue weighted by atomic mass is 14.9. The molecule has 18 heavy (non-hydrogen) atoms. The fourth-order valence-corrected chi connectivity index (χ4v) is 3.12. The van der Waals surface area contributed by atoms with Gasteiger partial charge >= 0.3 is 0 Å². The van der Waals surface area contributed by atoms with Crippen molar-refractivity contribution in [1.29, 1.82) is 5.26 Å². The normalized spacial score (nSPS) is 26.3. The molecule has 0 radical (unpaired) electrons. The number of rotatable bonds is 1. The molecule has 0 bridgehead atoms. The van der Waals surface area contributed by atoms with Crippen LogP contribution in [0, 0.1) is 30.1 Å².